The summed E-state index contributed by atoms with van der Waals surface area (Å²) in [6.07, 6.45) is 0.656. The lowest BCUT2D eigenvalue weighted by atomic mass is 9.98. The van der Waals surface area contributed by atoms with Crippen LogP contribution in [0.2, 0.25) is 0 Å². The lowest BCUT2D eigenvalue weighted by Gasteiger charge is -2.24. The second kappa shape index (κ2) is 4.29. The van der Waals surface area contributed by atoms with Crippen molar-refractivity contribution in [3.63, 3.8) is 0 Å². The molecule has 1 N–H and O–H groups in total. The van der Waals surface area contributed by atoms with Gasteiger partial charge in [-0.2, -0.15) is 0 Å². The molecule has 84 valence electrons. The summed E-state index contributed by atoms with van der Waals surface area (Å²) in [7, 11) is 2.63. The minimum absolute atomic E-state index is 0.143. The highest BCUT2D eigenvalue weighted by Crippen LogP contribution is 2.24. The fraction of sp³-hybridized carbons (Fsp3) is 0.667. The van der Waals surface area contributed by atoms with E-state index in [-0.39, 0.29) is 12.3 Å². The molecule has 0 saturated carbocycles. The van der Waals surface area contributed by atoms with Crippen LogP contribution < -0.4 is 0 Å². The molecule has 0 aromatic heterocycles. The molecule has 1 heterocycles. The standard InChI is InChI=1S/C9H13NO5/c1-10-5(3-4-6(10)11)7(8(12)13)9(14)15-2/h5,7H,3-4H2,1-2H3,(H,12,13). The summed E-state index contributed by atoms with van der Waals surface area (Å²) in [4.78, 5) is 34.7. The molecule has 6 nitrogen and oxygen atoms in total. The molecule has 0 spiro atoms. The van der Waals surface area contributed by atoms with Gasteiger partial charge in [0.1, 0.15) is 0 Å². The van der Waals surface area contributed by atoms with Gasteiger partial charge in [-0.15, -0.1) is 0 Å². The maximum Gasteiger partial charge on any atom is 0.322 e. The Labute approximate surface area is 86.8 Å². The van der Waals surface area contributed by atoms with Gasteiger partial charge in [-0.25, -0.2) is 0 Å². The molecule has 2 unspecified atom stereocenters. The van der Waals surface area contributed by atoms with Crippen molar-refractivity contribution in [1.29, 1.82) is 0 Å². The highest BCUT2D eigenvalue weighted by Gasteiger charge is 2.42. The number of ether oxygens (including phenoxy) is 1. The Hall–Kier alpha value is -1.59. The van der Waals surface area contributed by atoms with Crippen LogP contribution >= 0.6 is 0 Å². The van der Waals surface area contributed by atoms with E-state index < -0.39 is 23.9 Å². The van der Waals surface area contributed by atoms with E-state index in [2.05, 4.69) is 4.74 Å². The van der Waals surface area contributed by atoms with Gasteiger partial charge >= 0.3 is 11.9 Å². The topological polar surface area (TPSA) is 83.9 Å². The van der Waals surface area contributed by atoms with Crippen molar-refractivity contribution in [1.82, 2.24) is 4.90 Å². The van der Waals surface area contributed by atoms with E-state index in [1.54, 1.807) is 0 Å². The summed E-state index contributed by atoms with van der Waals surface area (Å²) in [6, 6.07) is -0.595. The minimum atomic E-state index is -1.29. The number of carboxylic acids is 1. The Morgan fingerprint density at radius 1 is 1.60 bits per heavy atom. The molecule has 1 rings (SSSR count). The molecular formula is C9H13NO5. The summed E-state index contributed by atoms with van der Waals surface area (Å²) >= 11 is 0. The van der Waals surface area contributed by atoms with Gasteiger partial charge in [0, 0.05) is 13.5 Å². The Kier molecular flexibility index (Phi) is 3.28. The van der Waals surface area contributed by atoms with Crippen molar-refractivity contribution < 1.29 is 24.2 Å². The smallest absolute Gasteiger partial charge is 0.322 e. The molecule has 1 aliphatic rings. The molecule has 1 aliphatic heterocycles. The number of carbonyl (C=O) groups excluding carboxylic acids is 2. The van der Waals surface area contributed by atoms with Gasteiger partial charge < -0.3 is 14.7 Å². The predicted octanol–water partition coefficient (Wildman–Crippen LogP) is -0.519. The third kappa shape index (κ3) is 2.08. The van der Waals surface area contributed by atoms with Crippen molar-refractivity contribution in [2.45, 2.75) is 18.9 Å². The number of amides is 1. The first-order valence-electron chi connectivity index (χ1n) is 4.55. The normalized spacial score (nSPS) is 22.7. The zero-order chi connectivity index (χ0) is 11.6. The van der Waals surface area contributed by atoms with Crippen LogP contribution in [0.15, 0.2) is 0 Å². The molecule has 1 saturated heterocycles. The average molecular weight is 215 g/mol. The minimum Gasteiger partial charge on any atom is -0.481 e. The zero-order valence-corrected chi connectivity index (χ0v) is 8.60. The summed E-state index contributed by atoms with van der Waals surface area (Å²) in [6.45, 7) is 0. The zero-order valence-electron chi connectivity index (χ0n) is 8.60. The van der Waals surface area contributed by atoms with Gasteiger partial charge in [0.25, 0.3) is 0 Å². The van der Waals surface area contributed by atoms with E-state index in [0.29, 0.717) is 6.42 Å². The fourth-order valence-electron chi connectivity index (χ4n) is 1.77. The second-order valence-corrected chi connectivity index (χ2v) is 3.45. The number of esters is 1. The summed E-state index contributed by atoms with van der Waals surface area (Å²) < 4.78 is 4.41. The first-order valence-corrected chi connectivity index (χ1v) is 4.55. The number of rotatable bonds is 3. The average Bonchev–Trinajstić information content (AvgIpc) is 2.49. The summed E-state index contributed by atoms with van der Waals surface area (Å²) in [5.41, 5.74) is 0. The molecule has 6 heteroatoms. The first kappa shape index (κ1) is 11.5. The number of nitrogens with zero attached hydrogens (tertiary/aromatic N) is 1. The van der Waals surface area contributed by atoms with E-state index in [1.165, 1.54) is 11.9 Å². The lowest BCUT2D eigenvalue weighted by molar-refractivity contribution is -0.159. The van der Waals surface area contributed by atoms with Crippen molar-refractivity contribution in [2.75, 3.05) is 14.2 Å². The number of hydrogen-bond donors (Lipinski definition) is 1. The number of likely N-dealkylation sites (tertiary alicyclic amines) is 1. The number of carbonyl (C=O) groups is 3. The van der Waals surface area contributed by atoms with Crippen molar-refractivity contribution >= 4 is 17.8 Å². The van der Waals surface area contributed by atoms with E-state index >= 15 is 0 Å². The van der Waals surface area contributed by atoms with E-state index in [4.69, 9.17) is 5.11 Å². The van der Waals surface area contributed by atoms with Crippen LogP contribution in [0, 0.1) is 5.92 Å². The van der Waals surface area contributed by atoms with Crippen LogP contribution in [0.25, 0.3) is 0 Å². The number of methoxy groups -OCH3 is 1. The van der Waals surface area contributed by atoms with Gasteiger partial charge in [-0.1, -0.05) is 0 Å². The molecule has 0 radical (unpaired) electrons. The molecule has 2 atom stereocenters. The van der Waals surface area contributed by atoms with Crippen LogP contribution in [0.5, 0.6) is 0 Å². The van der Waals surface area contributed by atoms with Gasteiger partial charge in [-0.05, 0) is 6.42 Å². The van der Waals surface area contributed by atoms with Crippen LogP contribution in [-0.4, -0.2) is 48.1 Å². The fourth-order valence-corrected chi connectivity index (χ4v) is 1.77. The molecule has 0 aromatic rings. The Morgan fingerprint density at radius 3 is 2.53 bits per heavy atom. The Balaban J connectivity index is 2.86. The molecule has 15 heavy (non-hydrogen) atoms. The SMILES string of the molecule is COC(=O)C(C(=O)O)C1CCC(=O)N1C. The molecule has 0 aromatic carbocycles. The van der Waals surface area contributed by atoms with E-state index in [0.717, 1.165) is 7.11 Å². The van der Waals surface area contributed by atoms with Crippen molar-refractivity contribution in [3.8, 4) is 0 Å². The predicted molar refractivity (Wildman–Crippen MR) is 48.9 cm³/mol. The number of carboxylic acid groups (broad SMARTS) is 1. The van der Waals surface area contributed by atoms with Crippen molar-refractivity contribution in [2.24, 2.45) is 5.92 Å². The third-order valence-corrected chi connectivity index (χ3v) is 2.65. The summed E-state index contributed by atoms with van der Waals surface area (Å²) in [5.74, 6) is -3.50. The molecule has 1 amide bonds. The van der Waals surface area contributed by atoms with Gasteiger partial charge in [0.2, 0.25) is 5.91 Å². The van der Waals surface area contributed by atoms with Crippen LogP contribution in [0.1, 0.15) is 12.8 Å². The summed E-state index contributed by atoms with van der Waals surface area (Å²) in [5, 5.41) is 8.90. The van der Waals surface area contributed by atoms with E-state index in [1.807, 2.05) is 0 Å². The maximum absolute atomic E-state index is 11.3. The molecular weight excluding hydrogens is 202 g/mol. The maximum atomic E-state index is 11.3. The highest BCUT2D eigenvalue weighted by molar-refractivity contribution is 5.96. The Bertz CT molecular complexity index is 301. The van der Waals surface area contributed by atoms with Gasteiger partial charge in [-0.3, -0.25) is 14.4 Å². The van der Waals surface area contributed by atoms with E-state index in [9.17, 15) is 14.4 Å². The molecule has 1 fully saturated rings. The number of hydrogen-bond acceptors (Lipinski definition) is 4. The number of aliphatic carboxylic acids is 1. The molecule has 0 aliphatic carbocycles. The highest BCUT2D eigenvalue weighted by atomic mass is 16.5. The third-order valence-electron chi connectivity index (χ3n) is 2.65. The second-order valence-electron chi connectivity index (χ2n) is 3.45. The Morgan fingerprint density at radius 2 is 2.20 bits per heavy atom. The quantitative estimate of drug-likeness (QED) is 0.506. The monoisotopic (exact) mass is 215 g/mol. The van der Waals surface area contributed by atoms with Crippen LogP contribution in [-0.2, 0) is 19.1 Å². The van der Waals surface area contributed by atoms with Crippen LogP contribution in [0.3, 0.4) is 0 Å². The van der Waals surface area contributed by atoms with Crippen molar-refractivity contribution in [3.05, 3.63) is 0 Å². The lowest BCUT2D eigenvalue weighted by Crippen LogP contribution is -2.43. The van der Waals surface area contributed by atoms with Crippen LogP contribution in [0.4, 0.5) is 0 Å². The first-order chi connectivity index (χ1) is 6.99. The largest absolute Gasteiger partial charge is 0.481 e. The van der Waals surface area contributed by atoms with Gasteiger partial charge in [0.15, 0.2) is 5.92 Å². The van der Waals surface area contributed by atoms with Gasteiger partial charge in [0.05, 0.1) is 13.2 Å². The molecule has 0 bridgehead atoms.